The van der Waals surface area contributed by atoms with E-state index in [1.165, 1.54) is 0 Å². The van der Waals surface area contributed by atoms with Gasteiger partial charge in [-0.1, -0.05) is 11.8 Å². The lowest BCUT2D eigenvalue weighted by atomic mass is 10.2. The van der Waals surface area contributed by atoms with Crippen LogP contribution in [0.5, 0.6) is 0 Å². The Kier molecular flexibility index (Phi) is 6.22. The molecule has 27 heavy (non-hydrogen) atoms. The van der Waals surface area contributed by atoms with Crippen molar-refractivity contribution in [1.29, 1.82) is 0 Å². The van der Waals surface area contributed by atoms with Gasteiger partial charge in [-0.15, -0.1) is 0 Å². The number of benzene rings is 1. The molecule has 1 aliphatic carbocycles. The zero-order valence-electron chi connectivity index (χ0n) is 14.5. The Morgan fingerprint density at radius 3 is 2.89 bits per heavy atom. The zero-order valence-corrected chi connectivity index (χ0v) is 15.3. The van der Waals surface area contributed by atoms with Crippen LogP contribution in [0.15, 0.2) is 28.0 Å². The molecule has 6 nitrogen and oxygen atoms in total. The Morgan fingerprint density at radius 2 is 2.15 bits per heavy atom. The molecular formula is C18H19F2N3O3S. The topological polar surface area (TPSA) is 84.2 Å². The van der Waals surface area contributed by atoms with Gasteiger partial charge in [0.25, 0.3) is 0 Å². The Hall–Kier alpha value is -2.26. The summed E-state index contributed by atoms with van der Waals surface area (Å²) in [6, 6.07) is 2.92. The first-order chi connectivity index (χ1) is 13.0. The molecular weight excluding hydrogens is 376 g/mol. The van der Waals surface area contributed by atoms with E-state index >= 15 is 0 Å². The summed E-state index contributed by atoms with van der Waals surface area (Å²) >= 11 is 1.13. The molecule has 0 saturated heterocycles. The number of amides is 1. The lowest BCUT2D eigenvalue weighted by Crippen LogP contribution is -2.28. The van der Waals surface area contributed by atoms with Gasteiger partial charge in [0.05, 0.1) is 11.4 Å². The largest absolute Gasteiger partial charge is 0.396 e. The fraction of sp³-hybridized carbons (Fsp3) is 0.389. The molecule has 1 aliphatic rings. The summed E-state index contributed by atoms with van der Waals surface area (Å²) in [6.45, 7) is 0.414. The second-order valence-electron chi connectivity index (χ2n) is 6.17. The minimum atomic E-state index is -0.848. The average molecular weight is 395 g/mol. The number of carbonyl (C=O) groups excluding carboxylic acids is 1. The third kappa shape index (κ3) is 4.54. The molecule has 0 bridgehead atoms. The number of halogens is 2. The molecule has 0 unspecified atom stereocenters. The second kappa shape index (κ2) is 8.62. The fourth-order valence-electron chi connectivity index (χ4n) is 3.08. The summed E-state index contributed by atoms with van der Waals surface area (Å²) in [5, 5.41) is 11.9. The van der Waals surface area contributed by atoms with Gasteiger partial charge in [-0.3, -0.25) is 9.36 Å². The van der Waals surface area contributed by atoms with Gasteiger partial charge in [0.15, 0.2) is 0 Å². The van der Waals surface area contributed by atoms with E-state index < -0.39 is 23.2 Å². The van der Waals surface area contributed by atoms with Crippen molar-refractivity contribution in [2.24, 2.45) is 0 Å². The van der Waals surface area contributed by atoms with E-state index in [1.54, 1.807) is 4.57 Å². The van der Waals surface area contributed by atoms with Crippen molar-refractivity contribution in [3.05, 3.63) is 51.6 Å². The highest BCUT2D eigenvalue weighted by Crippen LogP contribution is 2.29. The van der Waals surface area contributed by atoms with E-state index in [0.29, 0.717) is 24.1 Å². The SMILES string of the molecule is O=C(CSc1nc(=O)n(CCCO)c2c1CCC2)Nc1ccc(F)cc1F. The fourth-order valence-corrected chi connectivity index (χ4v) is 3.95. The Balaban J connectivity index is 1.71. The molecule has 0 saturated carbocycles. The number of rotatable bonds is 7. The van der Waals surface area contributed by atoms with Crippen LogP contribution < -0.4 is 11.0 Å². The lowest BCUT2D eigenvalue weighted by molar-refractivity contribution is -0.113. The van der Waals surface area contributed by atoms with E-state index in [4.69, 9.17) is 5.11 Å². The molecule has 2 aromatic rings. The summed E-state index contributed by atoms with van der Waals surface area (Å²) in [6.07, 6.45) is 2.92. The molecule has 1 aromatic carbocycles. The molecule has 1 aromatic heterocycles. The zero-order chi connectivity index (χ0) is 19.4. The van der Waals surface area contributed by atoms with Crippen molar-refractivity contribution in [3.63, 3.8) is 0 Å². The standard InChI is InChI=1S/C18H19F2N3O3S/c19-11-5-6-14(13(20)9-11)21-16(25)10-27-17-12-3-1-4-15(12)23(7-2-8-24)18(26)22-17/h5-6,9,24H,1-4,7-8,10H2,(H,21,25). The quantitative estimate of drug-likeness (QED) is 0.554. The first-order valence-electron chi connectivity index (χ1n) is 8.60. The average Bonchev–Trinajstić information content (AvgIpc) is 3.11. The number of carbonyl (C=O) groups is 1. The maximum absolute atomic E-state index is 13.6. The van der Waals surface area contributed by atoms with E-state index in [0.717, 1.165) is 54.4 Å². The Bertz CT molecular complexity index is 917. The van der Waals surface area contributed by atoms with Gasteiger partial charge in [-0.2, -0.15) is 4.98 Å². The van der Waals surface area contributed by atoms with Crippen LogP contribution in [0.4, 0.5) is 14.5 Å². The number of hydrogen-bond donors (Lipinski definition) is 2. The van der Waals surface area contributed by atoms with Crippen molar-refractivity contribution >= 4 is 23.4 Å². The van der Waals surface area contributed by atoms with Crippen LogP contribution in [-0.4, -0.2) is 32.9 Å². The van der Waals surface area contributed by atoms with Crippen molar-refractivity contribution in [2.75, 3.05) is 17.7 Å². The molecule has 0 atom stereocenters. The molecule has 0 aliphatic heterocycles. The van der Waals surface area contributed by atoms with E-state index in [2.05, 4.69) is 10.3 Å². The third-order valence-electron chi connectivity index (χ3n) is 4.29. The third-order valence-corrected chi connectivity index (χ3v) is 5.30. The monoisotopic (exact) mass is 395 g/mol. The molecule has 1 heterocycles. The van der Waals surface area contributed by atoms with Crippen molar-refractivity contribution in [2.45, 2.75) is 37.3 Å². The highest BCUT2D eigenvalue weighted by molar-refractivity contribution is 8.00. The minimum Gasteiger partial charge on any atom is -0.396 e. The van der Waals surface area contributed by atoms with Crippen molar-refractivity contribution in [1.82, 2.24) is 9.55 Å². The number of anilines is 1. The van der Waals surface area contributed by atoms with Gasteiger partial charge in [0, 0.05) is 30.5 Å². The predicted octanol–water partition coefficient (Wildman–Crippen LogP) is 2.12. The number of thioether (sulfide) groups is 1. The number of nitrogens with one attached hydrogen (secondary N) is 1. The molecule has 2 N–H and O–H groups in total. The smallest absolute Gasteiger partial charge is 0.348 e. The molecule has 144 valence electrons. The summed E-state index contributed by atoms with van der Waals surface area (Å²) in [5.41, 5.74) is 1.38. The Labute approximate surface area is 158 Å². The first-order valence-corrected chi connectivity index (χ1v) is 9.59. The summed E-state index contributed by atoms with van der Waals surface area (Å²) in [7, 11) is 0. The van der Waals surface area contributed by atoms with Gasteiger partial charge in [0.2, 0.25) is 5.91 Å². The number of aromatic nitrogens is 2. The summed E-state index contributed by atoms with van der Waals surface area (Å²) in [4.78, 5) is 28.5. The normalized spacial score (nSPS) is 12.9. The maximum Gasteiger partial charge on any atom is 0.348 e. The molecule has 0 fully saturated rings. The predicted molar refractivity (Wildman–Crippen MR) is 97.9 cm³/mol. The van der Waals surface area contributed by atoms with Crippen molar-refractivity contribution in [3.8, 4) is 0 Å². The summed E-state index contributed by atoms with van der Waals surface area (Å²) in [5.74, 6) is -2.08. The van der Waals surface area contributed by atoms with Gasteiger partial charge in [0.1, 0.15) is 16.7 Å². The highest BCUT2D eigenvalue weighted by atomic mass is 32.2. The number of nitrogens with zero attached hydrogens (tertiary/aromatic N) is 2. The van der Waals surface area contributed by atoms with Crippen LogP contribution >= 0.6 is 11.8 Å². The van der Waals surface area contributed by atoms with Crippen LogP contribution in [0, 0.1) is 11.6 Å². The molecule has 1 amide bonds. The van der Waals surface area contributed by atoms with Crippen LogP contribution in [0.1, 0.15) is 24.1 Å². The summed E-state index contributed by atoms with van der Waals surface area (Å²) < 4.78 is 28.1. The number of aliphatic hydroxyl groups excluding tert-OH is 1. The lowest BCUT2D eigenvalue weighted by Gasteiger charge is -2.13. The van der Waals surface area contributed by atoms with Gasteiger partial charge in [-0.25, -0.2) is 13.6 Å². The van der Waals surface area contributed by atoms with E-state index in [9.17, 15) is 18.4 Å². The van der Waals surface area contributed by atoms with Crippen LogP contribution in [0.2, 0.25) is 0 Å². The molecule has 0 radical (unpaired) electrons. The van der Waals surface area contributed by atoms with Crippen LogP contribution in [0.25, 0.3) is 0 Å². The van der Waals surface area contributed by atoms with Crippen LogP contribution in [0.3, 0.4) is 0 Å². The van der Waals surface area contributed by atoms with E-state index in [-0.39, 0.29) is 18.0 Å². The van der Waals surface area contributed by atoms with Crippen LogP contribution in [-0.2, 0) is 24.2 Å². The molecule has 9 heteroatoms. The molecule has 0 spiro atoms. The number of aliphatic hydroxyl groups is 1. The van der Waals surface area contributed by atoms with Crippen molar-refractivity contribution < 1.29 is 18.7 Å². The minimum absolute atomic E-state index is 0.00215. The maximum atomic E-state index is 13.6. The first kappa shape index (κ1) is 19.5. The second-order valence-corrected chi connectivity index (χ2v) is 7.13. The molecule has 3 rings (SSSR count). The highest BCUT2D eigenvalue weighted by Gasteiger charge is 2.22. The van der Waals surface area contributed by atoms with Gasteiger partial charge in [-0.05, 0) is 37.8 Å². The number of hydrogen-bond acceptors (Lipinski definition) is 5. The Morgan fingerprint density at radius 1 is 1.33 bits per heavy atom. The number of fused-ring (bicyclic) bond motifs is 1. The van der Waals surface area contributed by atoms with E-state index in [1.807, 2.05) is 0 Å². The van der Waals surface area contributed by atoms with Gasteiger partial charge < -0.3 is 10.4 Å². The van der Waals surface area contributed by atoms with Gasteiger partial charge >= 0.3 is 5.69 Å².